The molecule has 0 radical (unpaired) electrons. The van der Waals surface area contributed by atoms with Crippen LogP contribution in [0, 0.1) is 0 Å². The molecular weight excluding hydrogens is 514 g/mol. The molecule has 9 nitrogen and oxygen atoms in total. The number of halogens is 1. The molecule has 5 rings (SSSR count). The zero-order chi connectivity index (χ0) is 26.9. The monoisotopic (exact) mass is 543 g/mol. The predicted molar refractivity (Wildman–Crippen MR) is 156 cm³/mol. The molecule has 0 aliphatic carbocycles. The highest BCUT2D eigenvalue weighted by Gasteiger charge is 2.16. The number of rotatable bonds is 10. The maximum Gasteiger partial charge on any atom is 0.250 e. The van der Waals surface area contributed by atoms with Crippen LogP contribution in [0.15, 0.2) is 77.9 Å². The fraction of sp³-hybridized carbons (Fsp3) is 0.241. The number of para-hydroxylation sites is 1. The first kappa shape index (κ1) is 26.2. The van der Waals surface area contributed by atoms with Gasteiger partial charge in [-0.05, 0) is 72.9 Å². The van der Waals surface area contributed by atoms with E-state index in [0.29, 0.717) is 41.0 Å². The predicted octanol–water partition coefficient (Wildman–Crippen LogP) is 6.29. The summed E-state index contributed by atoms with van der Waals surface area (Å²) in [5.41, 5.74) is 5.68. The molecule has 1 aliphatic heterocycles. The Morgan fingerprint density at radius 2 is 1.67 bits per heavy atom. The number of ether oxygens (including phenoxy) is 2. The van der Waals surface area contributed by atoms with Gasteiger partial charge in [-0.15, -0.1) is 0 Å². The van der Waals surface area contributed by atoms with Gasteiger partial charge in [0.25, 0.3) is 0 Å². The highest BCUT2D eigenvalue weighted by Crippen LogP contribution is 2.29. The molecule has 10 heteroatoms. The number of hydrogen-bond donors (Lipinski definition) is 2. The highest BCUT2D eigenvalue weighted by atomic mass is 35.5. The van der Waals surface area contributed by atoms with Gasteiger partial charge in [-0.3, -0.25) is 0 Å². The van der Waals surface area contributed by atoms with Gasteiger partial charge in [-0.25, -0.2) is 5.43 Å². The maximum absolute atomic E-state index is 6.02. The maximum atomic E-state index is 6.02. The summed E-state index contributed by atoms with van der Waals surface area (Å²) >= 11 is 5.98. The van der Waals surface area contributed by atoms with Crippen LogP contribution in [0.3, 0.4) is 0 Å². The van der Waals surface area contributed by atoms with E-state index in [0.717, 1.165) is 42.7 Å². The number of piperidine rings is 1. The molecule has 1 saturated heterocycles. The lowest BCUT2D eigenvalue weighted by Gasteiger charge is -2.26. The molecule has 1 aliphatic rings. The second-order valence-electron chi connectivity index (χ2n) is 9.02. The molecule has 1 aromatic heterocycles. The summed E-state index contributed by atoms with van der Waals surface area (Å²) in [6.07, 6.45) is 5.14. The molecule has 39 heavy (non-hydrogen) atoms. The van der Waals surface area contributed by atoms with E-state index in [9.17, 15) is 0 Å². The van der Waals surface area contributed by atoms with Crippen molar-refractivity contribution < 1.29 is 9.47 Å². The van der Waals surface area contributed by atoms with Crippen molar-refractivity contribution in [2.24, 2.45) is 5.10 Å². The third kappa shape index (κ3) is 7.36. The minimum Gasteiger partial charge on any atom is -0.493 e. The third-order valence-corrected chi connectivity index (χ3v) is 6.42. The average Bonchev–Trinajstić information content (AvgIpc) is 2.98. The van der Waals surface area contributed by atoms with Gasteiger partial charge in [-0.2, -0.15) is 20.1 Å². The second kappa shape index (κ2) is 12.9. The molecule has 0 amide bonds. The first-order chi connectivity index (χ1) is 19.2. The fourth-order valence-corrected chi connectivity index (χ4v) is 4.28. The summed E-state index contributed by atoms with van der Waals surface area (Å²) in [5, 5.41) is 8.34. The van der Waals surface area contributed by atoms with E-state index in [-0.39, 0.29) is 0 Å². The smallest absolute Gasteiger partial charge is 0.250 e. The van der Waals surface area contributed by atoms with Gasteiger partial charge in [0.1, 0.15) is 6.61 Å². The van der Waals surface area contributed by atoms with E-state index in [1.165, 1.54) is 6.42 Å². The topological polar surface area (TPSA) is 96.8 Å². The van der Waals surface area contributed by atoms with Gasteiger partial charge < -0.3 is 19.7 Å². The SMILES string of the molecule is COc1ccc(/C=N\Nc2nc(Nc3ccccc3)nc(N3CCCCC3)n2)cc1OCc1ccc(Cl)cc1. The van der Waals surface area contributed by atoms with Crippen molar-refractivity contribution in [3.63, 3.8) is 0 Å². The molecule has 0 bridgehead atoms. The number of aromatic nitrogens is 3. The summed E-state index contributed by atoms with van der Waals surface area (Å²) in [7, 11) is 1.61. The van der Waals surface area contributed by atoms with Crippen LogP contribution >= 0.6 is 11.6 Å². The van der Waals surface area contributed by atoms with E-state index >= 15 is 0 Å². The van der Waals surface area contributed by atoms with E-state index in [2.05, 4.69) is 35.7 Å². The highest BCUT2D eigenvalue weighted by molar-refractivity contribution is 6.30. The quantitative estimate of drug-likeness (QED) is 0.178. The Bertz CT molecular complexity index is 1390. The van der Waals surface area contributed by atoms with Crippen LogP contribution in [0.2, 0.25) is 5.02 Å². The van der Waals surface area contributed by atoms with Crippen molar-refractivity contribution in [2.45, 2.75) is 25.9 Å². The van der Waals surface area contributed by atoms with Crippen LogP contribution in [0.25, 0.3) is 0 Å². The summed E-state index contributed by atoms with van der Waals surface area (Å²) < 4.78 is 11.5. The number of nitrogens with one attached hydrogen (secondary N) is 2. The van der Waals surface area contributed by atoms with Crippen molar-refractivity contribution in [3.8, 4) is 11.5 Å². The molecule has 0 atom stereocenters. The van der Waals surface area contributed by atoms with Crippen molar-refractivity contribution in [2.75, 3.05) is 35.8 Å². The Labute approximate surface area is 232 Å². The van der Waals surface area contributed by atoms with Gasteiger partial charge in [-0.1, -0.05) is 41.9 Å². The first-order valence-corrected chi connectivity index (χ1v) is 13.2. The van der Waals surface area contributed by atoms with Crippen LogP contribution in [-0.4, -0.2) is 41.4 Å². The van der Waals surface area contributed by atoms with E-state index < -0.39 is 0 Å². The zero-order valence-corrected chi connectivity index (χ0v) is 22.4. The molecule has 4 aromatic rings. The van der Waals surface area contributed by atoms with Gasteiger partial charge >= 0.3 is 0 Å². The molecule has 2 N–H and O–H groups in total. The van der Waals surface area contributed by atoms with Crippen molar-refractivity contribution >= 4 is 41.3 Å². The lowest BCUT2D eigenvalue weighted by molar-refractivity contribution is 0.284. The number of methoxy groups -OCH3 is 1. The molecule has 1 fully saturated rings. The Morgan fingerprint density at radius 3 is 2.44 bits per heavy atom. The van der Waals surface area contributed by atoms with Crippen molar-refractivity contribution in [1.29, 1.82) is 0 Å². The first-order valence-electron chi connectivity index (χ1n) is 12.8. The van der Waals surface area contributed by atoms with Crippen LogP contribution < -0.4 is 25.1 Å². The summed E-state index contributed by atoms with van der Waals surface area (Å²) in [4.78, 5) is 16.0. The number of hydrazone groups is 1. The second-order valence-corrected chi connectivity index (χ2v) is 9.45. The summed E-state index contributed by atoms with van der Waals surface area (Å²) in [5.74, 6) is 2.68. The third-order valence-electron chi connectivity index (χ3n) is 6.17. The number of nitrogens with zero attached hydrogens (tertiary/aromatic N) is 5. The lowest BCUT2D eigenvalue weighted by atomic mass is 10.1. The number of anilines is 4. The van der Waals surface area contributed by atoms with Crippen molar-refractivity contribution in [1.82, 2.24) is 15.0 Å². The Morgan fingerprint density at radius 1 is 0.897 bits per heavy atom. The van der Waals surface area contributed by atoms with E-state index in [1.807, 2.05) is 72.8 Å². The van der Waals surface area contributed by atoms with Crippen LogP contribution in [0.1, 0.15) is 30.4 Å². The number of benzene rings is 3. The lowest BCUT2D eigenvalue weighted by Crippen LogP contribution is -2.31. The fourth-order valence-electron chi connectivity index (χ4n) is 4.15. The van der Waals surface area contributed by atoms with E-state index in [4.69, 9.17) is 21.1 Å². The summed E-state index contributed by atoms with van der Waals surface area (Å²) in [6, 6.07) is 23.0. The molecule has 0 spiro atoms. The normalized spacial score (nSPS) is 13.3. The standard InChI is InChI=1S/C29H30ClN7O2/c1-38-25-15-12-22(18-26(25)39-20-21-10-13-23(30)14-11-21)19-31-36-28-33-27(32-24-8-4-2-5-9-24)34-29(35-28)37-16-6-3-7-17-37/h2,4-5,8-15,18-19H,3,6-7,16-17,20H2,1H3,(H2,32,33,34,35,36)/b31-19-. The van der Waals surface area contributed by atoms with Gasteiger partial charge in [0.2, 0.25) is 17.8 Å². The van der Waals surface area contributed by atoms with Crippen LogP contribution in [0.5, 0.6) is 11.5 Å². The molecule has 2 heterocycles. The zero-order valence-electron chi connectivity index (χ0n) is 21.7. The average molecular weight is 544 g/mol. The largest absolute Gasteiger partial charge is 0.493 e. The number of hydrogen-bond acceptors (Lipinski definition) is 9. The molecule has 200 valence electrons. The van der Waals surface area contributed by atoms with Gasteiger partial charge in [0.15, 0.2) is 11.5 Å². The Kier molecular flexibility index (Phi) is 8.70. The van der Waals surface area contributed by atoms with Gasteiger partial charge in [0, 0.05) is 23.8 Å². The Hall–Kier alpha value is -4.37. The van der Waals surface area contributed by atoms with Gasteiger partial charge in [0.05, 0.1) is 13.3 Å². The minimum atomic E-state index is 0.355. The van der Waals surface area contributed by atoms with Crippen LogP contribution in [-0.2, 0) is 6.61 Å². The van der Waals surface area contributed by atoms with E-state index in [1.54, 1.807) is 13.3 Å². The summed E-state index contributed by atoms with van der Waals surface area (Å²) in [6.45, 7) is 2.22. The molecule has 3 aromatic carbocycles. The molecular formula is C29H30ClN7O2. The van der Waals surface area contributed by atoms with Crippen LogP contribution in [0.4, 0.5) is 23.5 Å². The Balaban J connectivity index is 1.31. The molecule has 0 unspecified atom stereocenters. The minimum absolute atomic E-state index is 0.355. The van der Waals surface area contributed by atoms with Crippen molar-refractivity contribution in [3.05, 3.63) is 88.9 Å². The molecule has 0 saturated carbocycles.